The van der Waals surface area contributed by atoms with Crippen molar-refractivity contribution in [2.24, 2.45) is 0 Å². The van der Waals surface area contributed by atoms with Gasteiger partial charge in [-0.05, 0) is 6.07 Å². The highest BCUT2D eigenvalue weighted by atomic mass is 16.1. The largest absolute Gasteiger partial charge is 0.365 e. The van der Waals surface area contributed by atoms with Crippen molar-refractivity contribution >= 4 is 16.6 Å². The maximum atomic E-state index is 11.9. The van der Waals surface area contributed by atoms with E-state index in [4.69, 9.17) is 0 Å². The minimum Gasteiger partial charge on any atom is -0.365 e. The number of rotatable bonds is 2. The molecule has 5 rings (SSSR count). The Morgan fingerprint density at radius 3 is 2.45 bits per heavy atom. The number of aromatic nitrogens is 2. The van der Waals surface area contributed by atoms with E-state index < -0.39 is 0 Å². The highest BCUT2D eigenvalue weighted by molar-refractivity contribution is 5.90. The van der Waals surface area contributed by atoms with Crippen LogP contribution in [0.3, 0.4) is 0 Å². The number of H-pyrrole nitrogens is 1. The molecule has 2 N–H and O–H groups in total. The van der Waals surface area contributed by atoms with E-state index in [0.717, 1.165) is 23.3 Å². The van der Waals surface area contributed by atoms with Crippen LogP contribution in [0.5, 0.6) is 0 Å². The molecule has 1 aromatic carbocycles. The summed E-state index contributed by atoms with van der Waals surface area (Å²) >= 11 is 0. The third-order valence-electron chi connectivity index (χ3n) is 6.18. The second-order valence-electron chi connectivity index (χ2n) is 7.19. The van der Waals surface area contributed by atoms with E-state index in [1.807, 2.05) is 24.3 Å². The number of piperidine rings is 1. The van der Waals surface area contributed by atoms with E-state index in [1.54, 1.807) is 0 Å². The maximum absolute atomic E-state index is 11.9. The molecule has 22 heavy (non-hydrogen) atoms. The van der Waals surface area contributed by atoms with E-state index in [9.17, 15) is 4.79 Å². The fourth-order valence-electron chi connectivity index (χ4n) is 4.99. The Morgan fingerprint density at radius 1 is 1.09 bits per heavy atom. The summed E-state index contributed by atoms with van der Waals surface area (Å²) in [6.45, 7) is 2.81. The van der Waals surface area contributed by atoms with Crippen molar-refractivity contribution in [1.29, 1.82) is 0 Å². The van der Waals surface area contributed by atoms with Crippen LogP contribution in [0.25, 0.3) is 10.8 Å². The molecular formula is C17H21N4O+. The molecule has 114 valence electrons. The summed E-state index contributed by atoms with van der Waals surface area (Å²) in [5.41, 5.74) is -0.113. The zero-order chi connectivity index (χ0) is 14.7. The molecule has 4 heterocycles. The Morgan fingerprint density at radius 2 is 1.77 bits per heavy atom. The molecule has 1 unspecified atom stereocenters. The second kappa shape index (κ2) is 4.32. The lowest BCUT2D eigenvalue weighted by Crippen LogP contribution is -2.49. The van der Waals surface area contributed by atoms with Crippen LogP contribution in [0, 0.1) is 0 Å². The lowest BCUT2D eigenvalue weighted by molar-refractivity contribution is -0.845. The summed E-state index contributed by atoms with van der Waals surface area (Å²) in [6, 6.07) is 9.91. The van der Waals surface area contributed by atoms with Crippen molar-refractivity contribution in [3.05, 3.63) is 34.6 Å². The molecule has 2 bridgehead atoms. The molecule has 3 atom stereocenters. The molecule has 0 saturated carbocycles. The number of quaternary nitrogens is 1. The summed E-state index contributed by atoms with van der Waals surface area (Å²) in [7, 11) is 0. The molecule has 5 heteroatoms. The fourth-order valence-corrected chi connectivity index (χ4v) is 4.99. The number of fused-ring (bicyclic) bond motifs is 1. The smallest absolute Gasteiger partial charge is 0.272 e. The SMILES string of the molecule is O=c1[nH]nc(NC2C[C@H]3CC[C@@H](C2)[N+]32CC2)c2ccccc12. The van der Waals surface area contributed by atoms with Crippen molar-refractivity contribution in [3.63, 3.8) is 0 Å². The normalized spacial score (nSPS) is 31.5. The van der Waals surface area contributed by atoms with E-state index in [2.05, 4.69) is 15.5 Å². The quantitative estimate of drug-likeness (QED) is 0.657. The summed E-state index contributed by atoms with van der Waals surface area (Å²) in [5.74, 6) is 0.832. The molecule has 3 aliphatic rings. The third-order valence-corrected chi connectivity index (χ3v) is 6.18. The fraction of sp³-hybridized carbons (Fsp3) is 0.529. The maximum Gasteiger partial charge on any atom is 0.272 e. The zero-order valence-electron chi connectivity index (χ0n) is 12.6. The molecule has 0 aliphatic carbocycles. The standard InChI is InChI=1S/C17H20N4O/c22-17-15-4-2-1-3-14(15)16(19-20-17)18-11-9-12-5-6-13(10-11)21(12)7-8-21/h1-4,11-13H,5-10H2,(H-,18,19,20,22)/p+1/t11?,12-,13+. The van der Waals surface area contributed by atoms with Crippen LogP contribution >= 0.6 is 0 Å². The van der Waals surface area contributed by atoms with Gasteiger partial charge in [-0.3, -0.25) is 4.79 Å². The number of benzene rings is 1. The molecule has 2 aromatic rings. The predicted molar refractivity (Wildman–Crippen MR) is 85.8 cm³/mol. The van der Waals surface area contributed by atoms with Gasteiger partial charge in [0, 0.05) is 37.1 Å². The number of nitrogens with one attached hydrogen (secondary N) is 2. The second-order valence-corrected chi connectivity index (χ2v) is 7.19. The first kappa shape index (κ1) is 12.6. The van der Waals surface area contributed by atoms with Crippen LogP contribution in [-0.2, 0) is 0 Å². The van der Waals surface area contributed by atoms with Crippen molar-refractivity contribution in [1.82, 2.24) is 10.2 Å². The van der Waals surface area contributed by atoms with E-state index in [0.29, 0.717) is 11.4 Å². The van der Waals surface area contributed by atoms with Crippen LogP contribution in [0.2, 0.25) is 0 Å². The third kappa shape index (κ3) is 1.69. The number of aromatic amines is 1. The first-order chi connectivity index (χ1) is 10.8. The highest BCUT2D eigenvalue weighted by Crippen LogP contribution is 2.48. The Hall–Kier alpha value is -1.88. The molecule has 1 spiro atoms. The van der Waals surface area contributed by atoms with Gasteiger partial charge in [-0.25, -0.2) is 5.10 Å². The average Bonchev–Trinajstić information content (AvgIpc) is 3.28. The molecule has 5 nitrogen and oxygen atoms in total. The molecule has 3 fully saturated rings. The molecule has 3 saturated heterocycles. The summed E-state index contributed by atoms with van der Waals surface area (Å²) in [4.78, 5) is 11.9. The number of nitrogens with zero attached hydrogens (tertiary/aromatic N) is 2. The Kier molecular flexibility index (Phi) is 2.48. The number of hydrogen-bond acceptors (Lipinski definition) is 3. The van der Waals surface area contributed by atoms with E-state index in [-0.39, 0.29) is 5.56 Å². The predicted octanol–water partition coefficient (Wildman–Crippen LogP) is 1.86. The van der Waals surface area contributed by atoms with Crippen molar-refractivity contribution in [2.75, 3.05) is 18.4 Å². The summed E-state index contributed by atoms with van der Waals surface area (Å²) < 4.78 is 1.41. The average molecular weight is 297 g/mol. The van der Waals surface area contributed by atoms with Gasteiger partial charge in [0.15, 0.2) is 5.82 Å². The van der Waals surface area contributed by atoms with E-state index >= 15 is 0 Å². The molecule has 0 radical (unpaired) electrons. The van der Waals surface area contributed by atoms with Gasteiger partial charge in [-0.1, -0.05) is 18.2 Å². The monoisotopic (exact) mass is 297 g/mol. The van der Waals surface area contributed by atoms with Gasteiger partial charge in [0.1, 0.15) is 13.1 Å². The first-order valence-electron chi connectivity index (χ1n) is 8.37. The lowest BCUT2D eigenvalue weighted by Gasteiger charge is -2.37. The molecular weight excluding hydrogens is 276 g/mol. The molecule has 3 aliphatic heterocycles. The van der Waals surface area contributed by atoms with Gasteiger partial charge in [0.05, 0.1) is 17.5 Å². The van der Waals surface area contributed by atoms with Crippen molar-refractivity contribution in [2.45, 2.75) is 43.8 Å². The minimum absolute atomic E-state index is 0.113. The number of anilines is 1. The van der Waals surface area contributed by atoms with Crippen LogP contribution < -0.4 is 10.9 Å². The van der Waals surface area contributed by atoms with Crippen molar-refractivity contribution < 1.29 is 4.48 Å². The minimum atomic E-state index is -0.113. The van der Waals surface area contributed by atoms with Crippen LogP contribution in [0.1, 0.15) is 25.7 Å². The van der Waals surface area contributed by atoms with Crippen molar-refractivity contribution in [3.8, 4) is 0 Å². The number of hydrogen-bond donors (Lipinski definition) is 2. The lowest BCUT2D eigenvalue weighted by atomic mass is 9.97. The molecule has 1 aromatic heterocycles. The van der Waals surface area contributed by atoms with Gasteiger partial charge in [-0.15, -0.1) is 0 Å². The van der Waals surface area contributed by atoms with Crippen LogP contribution in [0.15, 0.2) is 29.1 Å². The summed E-state index contributed by atoms with van der Waals surface area (Å²) in [6.07, 6.45) is 5.27. The van der Waals surface area contributed by atoms with Gasteiger partial charge in [0.2, 0.25) is 0 Å². The molecule has 0 amide bonds. The highest BCUT2D eigenvalue weighted by Gasteiger charge is 2.61. The van der Waals surface area contributed by atoms with Gasteiger partial charge in [0.25, 0.3) is 5.56 Å². The Bertz CT molecular complexity index is 779. The summed E-state index contributed by atoms with van der Waals surface area (Å²) in [5, 5.41) is 12.2. The Labute approximate surface area is 128 Å². The van der Waals surface area contributed by atoms with E-state index in [1.165, 1.54) is 43.3 Å². The van der Waals surface area contributed by atoms with Crippen LogP contribution in [0.4, 0.5) is 5.82 Å². The van der Waals surface area contributed by atoms with Gasteiger partial charge < -0.3 is 9.80 Å². The first-order valence-corrected chi connectivity index (χ1v) is 8.37. The van der Waals surface area contributed by atoms with Gasteiger partial charge in [-0.2, -0.15) is 5.10 Å². The van der Waals surface area contributed by atoms with Crippen LogP contribution in [-0.4, -0.2) is 45.9 Å². The van der Waals surface area contributed by atoms with Gasteiger partial charge >= 0.3 is 0 Å². The zero-order valence-corrected chi connectivity index (χ0v) is 12.6. The Balaban J connectivity index is 1.45. The topological polar surface area (TPSA) is 57.8 Å².